The fourth-order valence-corrected chi connectivity index (χ4v) is 4.39. The van der Waals surface area contributed by atoms with Crippen LogP contribution in [0.3, 0.4) is 0 Å². The number of amides is 2. The highest BCUT2D eigenvalue weighted by atomic mass is 32.2. The van der Waals surface area contributed by atoms with Gasteiger partial charge in [-0.15, -0.1) is 10.2 Å². The van der Waals surface area contributed by atoms with Gasteiger partial charge >= 0.3 is 0 Å². The van der Waals surface area contributed by atoms with Gasteiger partial charge in [-0.1, -0.05) is 62.0 Å². The lowest BCUT2D eigenvalue weighted by Crippen LogP contribution is -2.42. The number of aromatic nitrogens is 3. The van der Waals surface area contributed by atoms with E-state index in [-0.39, 0.29) is 23.5 Å². The molecule has 36 heavy (non-hydrogen) atoms. The molecular formula is C27H27N5O3S. The summed E-state index contributed by atoms with van der Waals surface area (Å²) in [4.78, 5) is 24.7. The Kier molecular flexibility index (Phi) is 8.02. The Hall–Kier alpha value is -4.11. The number of nitrogens with zero attached hydrogens (tertiary/aromatic N) is 3. The van der Waals surface area contributed by atoms with Crippen molar-refractivity contribution in [2.24, 2.45) is 0 Å². The maximum Gasteiger partial charge on any atom is 0.269 e. The lowest BCUT2D eigenvalue weighted by Gasteiger charge is -2.17. The maximum absolute atomic E-state index is 12.5. The topological polar surface area (TPSA) is 98.1 Å². The molecule has 2 amide bonds. The van der Waals surface area contributed by atoms with E-state index in [2.05, 4.69) is 41.0 Å². The van der Waals surface area contributed by atoms with Gasteiger partial charge in [0.2, 0.25) is 5.91 Å². The maximum atomic E-state index is 12.5. The highest BCUT2D eigenvalue weighted by molar-refractivity contribution is 7.99. The molecule has 4 rings (SSSR count). The zero-order chi connectivity index (χ0) is 25.5. The minimum atomic E-state index is -0.384. The largest absolute Gasteiger partial charge is 0.497 e. The second-order valence-corrected chi connectivity index (χ2v) is 9.18. The van der Waals surface area contributed by atoms with Crippen LogP contribution >= 0.6 is 11.8 Å². The van der Waals surface area contributed by atoms with E-state index in [0.29, 0.717) is 16.5 Å². The Bertz CT molecular complexity index is 1340. The minimum absolute atomic E-state index is 0.0413. The summed E-state index contributed by atoms with van der Waals surface area (Å²) in [6, 6.07) is 24.4. The van der Waals surface area contributed by atoms with Gasteiger partial charge in [-0.3, -0.25) is 25.0 Å². The number of carbonyl (C=O) groups excluding carboxylic acids is 2. The Morgan fingerprint density at radius 1 is 0.917 bits per heavy atom. The first-order chi connectivity index (χ1) is 17.5. The van der Waals surface area contributed by atoms with E-state index < -0.39 is 0 Å². The first-order valence-corrected chi connectivity index (χ1v) is 12.4. The van der Waals surface area contributed by atoms with E-state index in [1.807, 2.05) is 53.1 Å². The molecule has 4 aromatic rings. The fourth-order valence-electron chi connectivity index (χ4n) is 3.64. The first kappa shape index (κ1) is 25.0. The van der Waals surface area contributed by atoms with E-state index in [0.717, 1.165) is 22.6 Å². The van der Waals surface area contributed by atoms with Gasteiger partial charge in [0, 0.05) is 11.1 Å². The predicted octanol–water partition coefficient (Wildman–Crippen LogP) is 4.62. The summed E-state index contributed by atoms with van der Waals surface area (Å²) >= 11 is 1.24. The predicted molar refractivity (Wildman–Crippen MR) is 140 cm³/mol. The monoisotopic (exact) mass is 501 g/mol. The molecule has 0 radical (unpaired) electrons. The number of rotatable bonds is 8. The second kappa shape index (κ2) is 11.5. The van der Waals surface area contributed by atoms with E-state index in [9.17, 15) is 9.59 Å². The molecule has 0 bridgehead atoms. The number of ether oxygens (including phenoxy) is 1. The molecule has 2 N–H and O–H groups in total. The third-order valence-electron chi connectivity index (χ3n) is 5.47. The van der Waals surface area contributed by atoms with E-state index in [1.165, 1.54) is 11.8 Å². The van der Waals surface area contributed by atoms with Crippen LogP contribution in [0.25, 0.3) is 17.1 Å². The van der Waals surface area contributed by atoms with Crippen LogP contribution in [0.2, 0.25) is 0 Å². The number of para-hydroxylation sites is 1. The summed E-state index contributed by atoms with van der Waals surface area (Å²) in [5.41, 5.74) is 8.31. The van der Waals surface area contributed by atoms with Gasteiger partial charge in [-0.05, 0) is 53.9 Å². The Morgan fingerprint density at radius 2 is 1.61 bits per heavy atom. The Morgan fingerprint density at radius 3 is 2.31 bits per heavy atom. The lowest BCUT2D eigenvalue weighted by molar-refractivity contribution is -0.119. The molecule has 0 aliphatic carbocycles. The first-order valence-electron chi connectivity index (χ1n) is 11.4. The summed E-state index contributed by atoms with van der Waals surface area (Å²) in [5.74, 6) is 0.968. The highest BCUT2D eigenvalue weighted by Gasteiger charge is 2.20. The van der Waals surface area contributed by atoms with Gasteiger partial charge in [-0.2, -0.15) is 0 Å². The molecule has 1 heterocycles. The normalized spacial score (nSPS) is 10.8. The van der Waals surface area contributed by atoms with E-state index in [4.69, 9.17) is 4.74 Å². The third-order valence-corrected chi connectivity index (χ3v) is 6.39. The van der Waals surface area contributed by atoms with Gasteiger partial charge in [0.05, 0.1) is 18.6 Å². The summed E-state index contributed by atoms with van der Waals surface area (Å²) < 4.78 is 7.26. The van der Waals surface area contributed by atoms with Crippen LogP contribution in [-0.2, 0) is 4.79 Å². The summed E-state index contributed by atoms with van der Waals surface area (Å²) in [7, 11) is 1.62. The number of thioether (sulfide) groups is 1. The highest BCUT2D eigenvalue weighted by Crippen LogP contribution is 2.32. The zero-order valence-electron chi connectivity index (χ0n) is 20.3. The molecule has 0 aliphatic heterocycles. The van der Waals surface area contributed by atoms with Crippen molar-refractivity contribution in [3.8, 4) is 22.8 Å². The van der Waals surface area contributed by atoms with Crippen molar-refractivity contribution in [1.82, 2.24) is 25.6 Å². The van der Waals surface area contributed by atoms with Crippen molar-refractivity contribution in [2.45, 2.75) is 24.9 Å². The van der Waals surface area contributed by atoms with Gasteiger partial charge in [0.25, 0.3) is 5.91 Å². The Balaban J connectivity index is 1.57. The smallest absolute Gasteiger partial charge is 0.269 e. The molecule has 0 aliphatic rings. The van der Waals surface area contributed by atoms with Crippen LogP contribution in [-0.4, -0.2) is 39.4 Å². The van der Waals surface area contributed by atoms with Crippen molar-refractivity contribution in [3.05, 3.63) is 90.0 Å². The number of hydrogen-bond donors (Lipinski definition) is 2. The van der Waals surface area contributed by atoms with Crippen LogP contribution in [0.1, 0.15) is 35.7 Å². The molecule has 0 saturated carbocycles. The average Bonchev–Trinajstić information content (AvgIpc) is 3.34. The molecule has 0 saturated heterocycles. The van der Waals surface area contributed by atoms with Crippen molar-refractivity contribution < 1.29 is 14.3 Å². The Labute approximate surface area is 214 Å². The number of hydrazine groups is 1. The lowest BCUT2D eigenvalue weighted by atomic mass is 10.0. The molecule has 184 valence electrons. The quantitative estimate of drug-likeness (QED) is 0.270. The number of nitrogens with one attached hydrogen (secondary N) is 2. The fraction of sp³-hybridized carbons (Fsp3) is 0.185. The van der Waals surface area contributed by atoms with Crippen LogP contribution < -0.4 is 15.6 Å². The number of benzene rings is 3. The molecule has 0 atom stereocenters. The van der Waals surface area contributed by atoms with Crippen LogP contribution in [0.15, 0.2) is 84.0 Å². The van der Waals surface area contributed by atoms with Crippen molar-refractivity contribution in [1.29, 1.82) is 0 Å². The molecular weight excluding hydrogens is 474 g/mol. The SMILES string of the molecule is COc1ccc(-c2nnc(SCC(=O)NNC(=O)c3ccccc3)n2-c2ccccc2C(C)C)cc1. The zero-order valence-corrected chi connectivity index (χ0v) is 21.1. The second-order valence-electron chi connectivity index (χ2n) is 8.24. The van der Waals surface area contributed by atoms with Crippen molar-refractivity contribution >= 4 is 23.6 Å². The molecule has 3 aromatic carbocycles. The number of hydrogen-bond acceptors (Lipinski definition) is 6. The van der Waals surface area contributed by atoms with E-state index >= 15 is 0 Å². The van der Waals surface area contributed by atoms with Gasteiger partial charge in [-0.25, -0.2) is 0 Å². The minimum Gasteiger partial charge on any atom is -0.497 e. The summed E-state index contributed by atoms with van der Waals surface area (Å²) in [5, 5.41) is 9.43. The van der Waals surface area contributed by atoms with Crippen LogP contribution in [0.4, 0.5) is 0 Å². The van der Waals surface area contributed by atoms with Gasteiger partial charge in [0.15, 0.2) is 11.0 Å². The standard InChI is InChI=1S/C27H27N5O3S/c1-18(2)22-11-7-8-12-23(22)32-25(19-13-15-21(35-3)16-14-19)29-31-27(32)36-17-24(33)28-30-26(34)20-9-5-4-6-10-20/h4-16,18H,17H2,1-3H3,(H,28,33)(H,30,34). The number of methoxy groups -OCH3 is 1. The van der Waals surface area contributed by atoms with Crippen molar-refractivity contribution in [2.75, 3.05) is 12.9 Å². The molecule has 0 spiro atoms. The van der Waals surface area contributed by atoms with Gasteiger partial charge in [0.1, 0.15) is 5.75 Å². The molecule has 9 heteroatoms. The molecule has 0 fully saturated rings. The van der Waals surface area contributed by atoms with Gasteiger partial charge < -0.3 is 4.74 Å². The third kappa shape index (κ3) is 5.75. The molecule has 8 nitrogen and oxygen atoms in total. The number of carbonyl (C=O) groups is 2. The molecule has 1 aromatic heterocycles. The summed E-state index contributed by atoms with van der Waals surface area (Å²) in [6.45, 7) is 4.26. The van der Waals surface area contributed by atoms with Crippen LogP contribution in [0, 0.1) is 0 Å². The average molecular weight is 502 g/mol. The van der Waals surface area contributed by atoms with Crippen LogP contribution in [0.5, 0.6) is 5.75 Å². The van der Waals surface area contributed by atoms with Crippen molar-refractivity contribution in [3.63, 3.8) is 0 Å². The van der Waals surface area contributed by atoms with E-state index in [1.54, 1.807) is 31.4 Å². The summed E-state index contributed by atoms with van der Waals surface area (Å²) in [6.07, 6.45) is 0. The molecule has 0 unspecified atom stereocenters.